The van der Waals surface area contributed by atoms with Gasteiger partial charge in [-0.05, 0) is 91.7 Å². The molecule has 0 aliphatic heterocycles. The van der Waals surface area contributed by atoms with Gasteiger partial charge in [0.2, 0.25) is 11.8 Å². The van der Waals surface area contributed by atoms with Crippen molar-refractivity contribution in [1.82, 2.24) is 40.5 Å². The molecular weight excluding hydrogens is 522 g/mol. The van der Waals surface area contributed by atoms with E-state index in [-0.39, 0.29) is 18.4 Å². The van der Waals surface area contributed by atoms with Gasteiger partial charge in [-0.3, -0.25) is 14.5 Å². The molecule has 41 heavy (non-hydrogen) atoms. The highest BCUT2D eigenvalue weighted by atomic mass is 16.5. The largest absolute Gasteiger partial charge is 0.497 e. The molecule has 5 rings (SSSR count). The van der Waals surface area contributed by atoms with Crippen LogP contribution in [0, 0.1) is 6.92 Å². The Hall–Kier alpha value is -5.13. The van der Waals surface area contributed by atoms with Crippen LogP contribution in [0.25, 0.3) is 16.7 Å². The van der Waals surface area contributed by atoms with Crippen molar-refractivity contribution in [1.29, 1.82) is 0 Å². The van der Waals surface area contributed by atoms with Crippen molar-refractivity contribution in [3.8, 4) is 11.4 Å². The summed E-state index contributed by atoms with van der Waals surface area (Å²) in [6, 6.07) is 19.0. The average molecular weight is 554 g/mol. The van der Waals surface area contributed by atoms with Crippen LogP contribution in [0.5, 0.6) is 5.75 Å². The van der Waals surface area contributed by atoms with Crippen molar-refractivity contribution in [2.24, 2.45) is 0 Å². The standard InChI is InChI=1S/C29H31N9O3/c1-19-15-21(13-14-24(19)37-18-30-33-35-37)38(26(39)17-36-25-12-7-6-11-23(25)32-34-36)27(28(40)31-29(2,3)4)20-9-8-10-22(16-20)41-5/h6-16,18,27H,17H2,1-5H3,(H,31,40). The number of tetrazole rings is 1. The van der Waals surface area contributed by atoms with Crippen LogP contribution in [-0.4, -0.2) is 59.7 Å². The van der Waals surface area contributed by atoms with Gasteiger partial charge in [-0.2, -0.15) is 0 Å². The molecule has 210 valence electrons. The molecule has 1 N–H and O–H groups in total. The molecule has 3 aromatic carbocycles. The summed E-state index contributed by atoms with van der Waals surface area (Å²) < 4.78 is 8.54. The maximum absolute atomic E-state index is 14.3. The van der Waals surface area contributed by atoms with E-state index in [9.17, 15) is 9.59 Å². The Balaban J connectivity index is 1.65. The summed E-state index contributed by atoms with van der Waals surface area (Å²) in [6.07, 6.45) is 1.50. The van der Waals surface area contributed by atoms with E-state index in [2.05, 4.69) is 31.2 Å². The molecule has 0 aliphatic rings. The third kappa shape index (κ3) is 5.91. The highest BCUT2D eigenvalue weighted by Gasteiger charge is 2.35. The summed E-state index contributed by atoms with van der Waals surface area (Å²) in [6.45, 7) is 7.44. The second kappa shape index (κ2) is 11.2. The van der Waals surface area contributed by atoms with E-state index in [0.717, 1.165) is 11.3 Å². The lowest BCUT2D eigenvalue weighted by Gasteiger charge is -2.34. The second-order valence-corrected chi connectivity index (χ2v) is 10.6. The molecule has 1 unspecified atom stereocenters. The number of amides is 2. The minimum absolute atomic E-state index is 0.141. The second-order valence-electron chi connectivity index (χ2n) is 10.6. The Morgan fingerprint density at radius 1 is 1.02 bits per heavy atom. The molecule has 0 radical (unpaired) electrons. The highest BCUT2D eigenvalue weighted by Crippen LogP contribution is 2.32. The molecular formula is C29H31N9O3. The van der Waals surface area contributed by atoms with Gasteiger partial charge >= 0.3 is 0 Å². The van der Waals surface area contributed by atoms with Crippen molar-refractivity contribution in [2.45, 2.75) is 45.8 Å². The maximum atomic E-state index is 14.3. The highest BCUT2D eigenvalue weighted by molar-refractivity contribution is 6.02. The van der Waals surface area contributed by atoms with Crippen molar-refractivity contribution < 1.29 is 14.3 Å². The van der Waals surface area contributed by atoms with Crippen LogP contribution in [0.3, 0.4) is 0 Å². The Labute approximate surface area is 236 Å². The minimum Gasteiger partial charge on any atom is -0.497 e. The van der Waals surface area contributed by atoms with E-state index < -0.39 is 11.6 Å². The first-order valence-corrected chi connectivity index (χ1v) is 13.0. The summed E-state index contributed by atoms with van der Waals surface area (Å²) in [7, 11) is 1.56. The Bertz CT molecular complexity index is 1690. The van der Waals surface area contributed by atoms with Crippen molar-refractivity contribution in [3.63, 3.8) is 0 Å². The maximum Gasteiger partial charge on any atom is 0.249 e. The van der Waals surface area contributed by atoms with Gasteiger partial charge in [-0.15, -0.1) is 10.2 Å². The molecule has 2 aromatic heterocycles. The van der Waals surface area contributed by atoms with Gasteiger partial charge in [0.1, 0.15) is 30.2 Å². The van der Waals surface area contributed by atoms with Crippen molar-refractivity contribution >= 4 is 28.5 Å². The smallest absolute Gasteiger partial charge is 0.249 e. The van der Waals surface area contributed by atoms with Gasteiger partial charge in [0.15, 0.2) is 0 Å². The number of rotatable bonds is 8. The van der Waals surface area contributed by atoms with Crippen LogP contribution >= 0.6 is 0 Å². The molecule has 0 fully saturated rings. The number of para-hydroxylation sites is 1. The number of hydrogen-bond donors (Lipinski definition) is 1. The lowest BCUT2D eigenvalue weighted by Crippen LogP contribution is -2.50. The Kier molecular flexibility index (Phi) is 7.47. The molecule has 0 saturated carbocycles. The first-order chi connectivity index (χ1) is 19.6. The number of ether oxygens (including phenoxy) is 1. The van der Waals surface area contributed by atoms with Crippen molar-refractivity contribution in [2.75, 3.05) is 12.0 Å². The topological polar surface area (TPSA) is 133 Å². The molecule has 0 bridgehead atoms. The summed E-state index contributed by atoms with van der Waals surface area (Å²) in [4.78, 5) is 29.8. The number of benzene rings is 3. The van der Waals surface area contributed by atoms with Crippen LogP contribution < -0.4 is 15.0 Å². The van der Waals surface area contributed by atoms with E-state index in [1.165, 1.54) is 15.9 Å². The zero-order valence-electron chi connectivity index (χ0n) is 23.5. The first kappa shape index (κ1) is 27.4. The van der Waals surface area contributed by atoms with E-state index in [1.807, 2.05) is 70.2 Å². The van der Waals surface area contributed by atoms with E-state index in [1.54, 1.807) is 36.1 Å². The van der Waals surface area contributed by atoms with Crippen LogP contribution in [-0.2, 0) is 16.1 Å². The SMILES string of the molecule is COc1cccc(C(C(=O)NC(C)(C)C)N(C(=O)Cn2nnc3ccccc32)c2ccc(-n3cnnn3)c(C)c2)c1. The summed E-state index contributed by atoms with van der Waals surface area (Å²) >= 11 is 0. The van der Waals surface area contributed by atoms with Crippen LogP contribution in [0.4, 0.5) is 5.69 Å². The number of aryl methyl sites for hydroxylation is 1. The molecule has 0 saturated heterocycles. The number of carbonyl (C=O) groups excluding carboxylic acids is 2. The van der Waals surface area contributed by atoms with E-state index in [4.69, 9.17) is 4.74 Å². The Morgan fingerprint density at radius 2 is 1.83 bits per heavy atom. The summed E-state index contributed by atoms with van der Waals surface area (Å²) in [5.74, 6) is -0.132. The van der Waals surface area contributed by atoms with E-state index in [0.29, 0.717) is 28.0 Å². The average Bonchev–Trinajstić information content (AvgIpc) is 3.61. The van der Waals surface area contributed by atoms with Gasteiger partial charge < -0.3 is 10.1 Å². The third-order valence-electron chi connectivity index (χ3n) is 6.44. The van der Waals surface area contributed by atoms with Gasteiger partial charge in [0.05, 0.1) is 18.3 Å². The van der Waals surface area contributed by atoms with Crippen LogP contribution in [0.2, 0.25) is 0 Å². The van der Waals surface area contributed by atoms with Crippen LogP contribution in [0.1, 0.15) is 37.9 Å². The quantitative estimate of drug-likeness (QED) is 0.309. The zero-order chi connectivity index (χ0) is 29.1. The molecule has 2 heterocycles. The van der Waals surface area contributed by atoms with Gasteiger partial charge in [0, 0.05) is 11.2 Å². The lowest BCUT2D eigenvalue weighted by atomic mass is 10.00. The molecule has 12 nitrogen and oxygen atoms in total. The van der Waals surface area contributed by atoms with Gasteiger partial charge in [-0.25, -0.2) is 9.36 Å². The fraction of sp³-hybridized carbons (Fsp3) is 0.276. The monoisotopic (exact) mass is 553 g/mol. The van der Waals surface area contributed by atoms with E-state index >= 15 is 0 Å². The lowest BCUT2D eigenvalue weighted by molar-refractivity contribution is -0.128. The number of anilines is 1. The van der Waals surface area contributed by atoms with Gasteiger partial charge in [0.25, 0.3) is 0 Å². The number of nitrogens with one attached hydrogen (secondary N) is 1. The Morgan fingerprint density at radius 3 is 2.54 bits per heavy atom. The molecule has 0 aliphatic carbocycles. The molecule has 0 spiro atoms. The third-order valence-corrected chi connectivity index (χ3v) is 6.44. The summed E-state index contributed by atoms with van der Waals surface area (Å²) in [5, 5.41) is 22.9. The number of carbonyl (C=O) groups is 2. The van der Waals surface area contributed by atoms with Gasteiger partial charge in [-0.1, -0.05) is 29.5 Å². The fourth-order valence-electron chi connectivity index (χ4n) is 4.66. The molecule has 12 heteroatoms. The number of methoxy groups -OCH3 is 1. The number of aromatic nitrogens is 7. The van der Waals surface area contributed by atoms with Crippen molar-refractivity contribution in [3.05, 3.63) is 84.2 Å². The normalized spacial score (nSPS) is 12.2. The van der Waals surface area contributed by atoms with Crippen LogP contribution in [0.15, 0.2) is 73.1 Å². The number of fused-ring (bicyclic) bond motifs is 1. The summed E-state index contributed by atoms with van der Waals surface area (Å²) in [5.41, 5.74) is 3.48. The molecule has 2 amide bonds. The minimum atomic E-state index is -1.02. The molecule has 5 aromatic rings. The zero-order valence-corrected chi connectivity index (χ0v) is 23.5. The predicted molar refractivity (Wildman–Crippen MR) is 153 cm³/mol. The predicted octanol–water partition coefficient (Wildman–Crippen LogP) is 3.41. The number of hydrogen-bond acceptors (Lipinski definition) is 8. The fourth-order valence-corrected chi connectivity index (χ4v) is 4.66. The molecule has 1 atom stereocenters. The number of nitrogens with zero attached hydrogens (tertiary/aromatic N) is 8. The first-order valence-electron chi connectivity index (χ1n) is 13.0.